The zero-order valence-electron chi connectivity index (χ0n) is 13.1. The van der Waals surface area contributed by atoms with Gasteiger partial charge in [-0.15, -0.1) is 0 Å². The molecular formula is C14H25N3O4. The van der Waals surface area contributed by atoms with Crippen molar-refractivity contribution in [2.24, 2.45) is 0 Å². The Bertz CT molecular complexity index is 400. The van der Waals surface area contributed by atoms with Crippen molar-refractivity contribution in [3.8, 4) is 0 Å². The summed E-state index contributed by atoms with van der Waals surface area (Å²) in [5.41, 5.74) is -0.207. The van der Waals surface area contributed by atoms with Gasteiger partial charge in [-0.05, 0) is 26.7 Å². The number of nitrogens with zero attached hydrogens (tertiary/aromatic N) is 2. The average Bonchev–Trinajstić information content (AvgIpc) is 2.76. The van der Waals surface area contributed by atoms with Crippen LogP contribution in [0.1, 0.15) is 26.7 Å². The lowest BCUT2D eigenvalue weighted by molar-refractivity contribution is -0.127. The van der Waals surface area contributed by atoms with Gasteiger partial charge in [0.05, 0.1) is 18.9 Å². The van der Waals surface area contributed by atoms with Gasteiger partial charge in [-0.1, -0.05) is 0 Å². The Hall–Kier alpha value is -1.34. The Balaban J connectivity index is 1.82. The van der Waals surface area contributed by atoms with E-state index < -0.39 is 0 Å². The summed E-state index contributed by atoms with van der Waals surface area (Å²) in [7, 11) is 1.60. The van der Waals surface area contributed by atoms with Crippen LogP contribution in [-0.4, -0.2) is 73.5 Å². The third kappa shape index (κ3) is 4.31. The maximum atomic E-state index is 12.3. The summed E-state index contributed by atoms with van der Waals surface area (Å²) in [4.78, 5) is 27.3. The van der Waals surface area contributed by atoms with Crippen LogP contribution in [0.15, 0.2) is 0 Å². The number of ether oxygens (including phenoxy) is 2. The highest BCUT2D eigenvalue weighted by molar-refractivity contribution is 5.87. The van der Waals surface area contributed by atoms with Crippen LogP contribution in [0.2, 0.25) is 0 Å². The molecule has 7 nitrogen and oxygen atoms in total. The molecule has 0 spiro atoms. The van der Waals surface area contributed by atoms with Crippen molar-refractivity contribution in [2.75, 3.05) is 40.1 Å². The van der Waals surface area contributed by atoms with E-state index in [-0.39, 0.29) is 30.1 Å². The van der Waals surface area contributed by atoms with E-state index in [0.717, 1.165) is 12.8 Å². The minimum Gasteiger partial charge on any atom is -0.383 e. The number of carbonyl (C=O) groups is 2. The number of nitrogens with one attached hydrogen (secondary N) is 1. The van der Waals surface area contributed by atoms with Crippen LogP contribution >= 0.6 is 0 Å². The minimum absolute atomic E-state index is 0.0329. The molecule has 0 saturated carbocycles. The van der Waals surface area contributed by atoms with Gasteiger partial charge in [0.2, 0.25) is 5.91 Å². The van der Waals surface area contributed by atoms with Crippen molar-refractivity contribution in [1.82, 2.24) is 15.1 Å². The van der Waals surface area contributed by atoms with Crippen molar-refractivity contribution in [3.63, 3.8) is 0 Å². The second kappa shape index (κ2) is 6.62. The summed E-state index contributed by atoms with van der Waals surface area (Å²) >= 11 is 0. The average molecular weight is 299 g/mol. The Kier molecular flexibility index (Phi) is 5.05. The SMILES string of the molecule is COCCN1CN(C(=O)NC2CCOC(C)(C)C2)CC1=O. The molecule has 0 aromatic carbocycles. The number of rotatable bonds is 4. The molecule has 2 aliphatic rings. The highest BCUT2D eigenvalue weighted by Crippen LogP contribution is 2.24. The van der Waals surface area contributed by atoms with Crippen LogP contribution in [0.5, 0.6) is 0 Å². The second-order valence-corrected chi connectivity index (χ2v) is 6.24. The molecule has 2 rings (SSSR count). The van der Waals surface area contributed by atoms with Crippen LogP contribution in [0.3, 0.4) is 0 Å². The van der Waals surface area contributed by atoms with Gasteiger partial charge in [-0.3, -0.25) is 9.69 Å². The van der Waals surface area contributed by atoms with Gasteiger partial charge in [-0.25, -0.2) is 4.79 Å². The van der Waals surface area contributed by atoms with Gasteiger partial charge in [0.15, 0.2) is 0 Å². The molecule has 0 radical (unpaired) electrons. The highest BCUT2D eigenvalue weighted by atomic mass is 16.5. The van der Waals surface area contributed by atoms with Crippen LogP contribution in [0.25, 0.3) is 0 Å². The lowest BCUT2D eigenvalue weighted by atomic mass is 9.94. The van der Waals surface area contributed by atoms with E-state index in [0.29, 0.717) is 26.4 Å². The topological polar surface area (TPSA) is 71.1 Å². The quantitative estimate of drug-likeness (QED) is 0.816. The van der Waals surface area contributed by atoms with Crippen LogP contribution in [0.4, 0.5) is 4.79 Å². The number of amides is 3. The van der Waals surface area contributed by atoms with Crippen molar-refractivity contribution in [1.29, 1.82) is 0 Å². The highest BCUT2D eigenvalue weighted by Gasteiger charge is 2.34. The van der Waals surface area contributed by atoms with Gasteiger partial charge < -0.3 is 19.7 Å². The Morgan fingerprint density at radius 2 is 2.29 bits per heavy atom. The Morgan fingerprint density at radius 3 is 2.95 bits per heavy atom. The second-order valence-electron chi connectivity index (χ2n) is 6.24. The molecule has 2 saturated heterocycles. The first-order valence-corrected chi connectivity index (χ1v) is 7.37. The van der Waals surface area contributed by atoms with Crippen LogP contribution < -0.4 is 5.32 Å². The number of urea groups is 1. The summed E-state index contributed by atoms with van der Waals surface area (Å²) in [6.07, 6.45) is 1.60. The summed E-state index contributed by atoms with van der Waals surface area (Å²) in [5.74, 6) is -0.0329. The number of methoxy groups -OCH3 is 1. The van der Waals surface area contributed by atoms with Crippen molar-refractivity contribution < 1.29 is 19.1 Å². The van der Waals surface area contributed by atoms with Gasteiger partial charge in [0.25, 0.3) is 0 Å². The maximum Gasteiger partial charge on any atom is 0.319 e. The Morgan fingerprint density at radius 1 is 1.52 bits per heavy atom. The molecule has 3 amide bonds. The number of hydrogen-bond acceptors (Lipinski definition) is 4. The fourth-order valence-corrected chi connectivity index (χ4v) is 2.75. The van der Waals surface area contributed by atoms with E-state index in [1.54, 1.807) is 16.9 Å². The molecule has 1 atom stereocenters. The number of carbonyl (C=O) groups excluding carboxylic acids is 2. The van der Waals surface area contributed by atoms with E-state index in [2.05, 4.69) is 5.32 Å². The molecule has 2 heterocycles. The van der Waals surface area contributed by atoms with Crippen molar-refractivity contribution in [2.45, 2.75) is 38.3 Å². The summed E-state index contributed by atoms with van der Waals surface area (Å²) in [5, 5.41) is 3.01. The van der Waals surface area contributed by atoms with Gasteiger partial charge in [0, 0.05) is 26.3 Å². The molecule has 1 N–H and O–H groups in total. The fraction of sp³-hybridized carbons (Fsp3) is 0.857. The molecule has 2 aliphatic heterocycles. The van der Waals surface area contributed by atoms with Crippen molar-refractivity contribution in [3.05, 3.63) is 0 Å². The van der Waals surface area contributed by atoms with E-state index in [1.807, 2.05) is 13.8 Å². The predicted molar refractivity (Wildman–Crippen MR) is 76.7 cm³/mol. The molecule has 21 heavy (non-hydrogen) atoms. The first-order chi connectivity index (χ1) is 9.91. The maximum absolute atomic E-state index is 12.3. The van der Waals surface area contributed by atoms with E-state index in [9.17, 15) is 9.59 Å². The fourth-order valence-electron chi connectivity index (χ4n) is 2.75. The van der Waals surface area contributed by atoms with E-state index in [1.165, 1.54) is 0 Å². The molecule has 2 fully saturated rings. The predicted octanol–water partition coefficient (Wildman–Crippen LogP) is 0.402. The largest absolute Gasteiger partial charge is 0.383 e. The molecule has 0 aromatic rings. The molecule has 120 valence electrons. The first kappa shape index (κ1) is 16.0. The molecule has 1 unspecified atom stereocenters. The summed E-state index contributed by atoms with van der Waals surface area (Å²) in [6, 6.07) is -0.0738. The summed E-state index contributed by atoms with van der Waals surface area (Å²) in [6.45, 7) is 6.17. The van der Waals surface area contributed by atoms with E-state index in [4.69, 9.17) is 9.47 Å². The standard InChI is InChI=1S/C14H25N3O4/c1-14(2)8-11(4-6-21-14)15-13(19)17-9-12(18)16(10-17)5-7-20-3/h11H,4-10H2,1-3H3,(H,15,19). The zero-order chi connectivity index (χ0) is 15.5. The van der Waals surface area contributed by atoms with Crippen LogP contribution in [-0.2, 0) is 14.3 Å². The zero-order valence-corrected chi connectivity index (χ0v) is 13.1. The summed E-state index contributed by atoms with van der Waals surface area (Å²) < 4.78 is 10.6. The molecule has 0 bridgehead atoms. The van der Waals surface area contributed by atoms with Gasteiger partial charge in [-0.2, -0.15) is 0 Å². The molecular weight excluding hydrogens is 274 g/mol. The molecule has 7 heteroatoms. The first-order valence-electron chi connectivity index (χ1n) is 7.37. The number of hydrogen-bond donors (Lipinski definition) is 1. The van der Waals surface area contributed by atoms with E-state index >= 15 is 0 Å². The molecule has 0 aromatic heterocycles. The normalized spacial score (nSPS) is 25.3. The third-order valence-corrected chi connectivity index (χ3v) is 3.90. The Labute approximate surface area is 125 Å². The lowest BCUT2D eigenvalue weighted by Crippen LogP contribution is -2.50. The van der Waals surface area contributed by atoms with Crippen LogP contribution in [0, 0.1) is 0 Å². The third-order valence-electron chi connectivity index (χ3n) is 3.90. The smallest absolute Gasteiger partial charge is 0.319 e. The van der Waals surface area contributed by atoms with Gasteiger partial charge >= 0.3 is 6.03 Å². The minimum atomic E-state index is -0.207. The molecule has 0 aliphatic carbocycles. The monoisotopic (exact) mass is 299 g/mol. The lowest BCUT2D eigenvalue weighted by Gasteiger charge is -2.36. The van der Waals surface area contributed by atoms with Gasteiger partial charge in [0.1, 0.15) is 6.54 Å². The van der Waals surface area contributed by atoms with Crippen molar-refractivity contribution >= 4 is 11.9 Å².